The molecule has 0 aliphatic carbocycles. The van der Waals surface area contributed by atoms with Crippen LogP contribution in [0.5, 0.6) is 0 Å². The van der Waals surface area contributed by atoms with Crippen LogP contribution in [0.4, 0.5) is 0 Å². The first-order chi connectivity index (χ1) is 5.46. The molecule has 1 fully saturated rings. The van der Waals surface area contributed by atoms with Gasteiger partial charge in [-0.3, -0.25) is 9.69 Å². The summed E-state index contributed by atoms with van der Waals surface area (Å²) < 4.78 is 4.74. The molecule has 0 amide bonds. The van der Waals surface area contributed by atoms with Crippen molar-refractivity contribution in [1.82, 2.24) is 4.90 Å². The Morgan fingerprint density at radius 3 is 2.50 bits per heavy atom. The molecule has 0 aromatic rings. The van der Waals surface area contributed by atoms with Crippen LogP contribution in [0.1, 0.15) is 0 Å². The Morgan fingerprint density at radius 2 is 2.17 bits per heavy atom. The van der Waals surface area contributed by atoms with Gasteiger partial charge in [0.05, 0.1) is 15.2 Å². The second-order valence-electron chi connectivity index (χ2n) is 4.32. The molecule has 0 radical (unpaired) electrons. The van der Waals surface area contributed by atoms with Crippen molar-refractivity contribution >= 4 is 14.0 Å². The van der Waals surface area contributed by atoms with Gasteiger partial charge in [-0.2, -0.15) is 0 Å². The quantitative estimate of drug-likeness (QED) is 0.447. The fourth-order valence-electron chi connectivity index (χ4n) is 1.93. The Hall–Kier alpha value is -0.353. The van der Waals surface area contributed by atoms with Gasteiger partial charge in [0.15, 0.2) is 0 Å². The molecular formula is C8H17NO2Si. The molecule has 0 saturated carbocycles. The van der Waals surface area contributed by atoms with Crippen LogP contribution < -0.4 is 0 Å². The monoisotopic (exact) mass is 187 g/mol. The number of hydrogen-bond acceptors (Lipinski definition) is 3. The lowest BCUT2D eigenvalue weighted by molar-refractivity contribution is -0.144. The molecule has 0 bridgehead atoms. The summed E-state index contributed by atoms with van der Waals surface area (Å²) in [5.41, 5.74) is 0. The molecule has 4 heteroatoms. The summed E-state index contributed by atoms with van der Waals surface area (Å²) in [5.74, 6) is -0.0735. The predicted molar refractivity (Wildman–Crippen MR) is 50.7 cm³/mol. The van der Waals surface area contributed by atoms with E-state index in [1.807, 2.05) is 7.05 Å². The van der Waals surface area contributed by atoms with E-state index in [-0.39, 0.29) is 12.0 Å². The topological polar surface area (TPSA) is 29.5 Å². The third kappa shape index (κ3) is 1.87. The zero-order valence-corrected chi connectivity index (χ0v) is 9.26. The highest BCUT2D eigenvalue weighted by molar-refractivity contribution is 6.78. The Morgan fingerprint density at radius 1 is 1.58 bits per heavy atom. The number of likely N-dealkylation sites (N-methyl/N-ethyl adjacent to an activating group) is 1. The van der Waals surface area contributed by atoms with Crippen molar-refractivity contribution in [3.8, 4) is 0 Å². The van der Waals surface area contributed by atoms with Gasteiger partial charge in [-0.05, 0) is 19.3 Å². The van der Waals surface area contributed by atoms with Crippen LogP contribution in [0.2, 0.25) is 19.1 Å². The van der Waals surface area contributed by atoms with E-state index in [4.69, 9.17) is 4.74 Å². The molecule has 1 aliphatic rings. The minimum atomic E-state index is -1.12. The van der Waals surface area contributed by atoms with Gasteiger partial charge in [-0.25, -0.2) is 0 Å². The van der Waals surface area contributed by atoms with Gasteiger partial charge in [0.25, 0.3) is 0 Å². The highest BCUT2D eigenvalue weighted by Gasteiger charge is 2.40. The van der Waals surface area contributed by atoms with E-state index in [1.165, 1.54) is 7.11 Å². The maximum atomic E-state index is 11.3. The van der Waals surface area contributed by atoms with Crippen molar-refractivity contribution in [3.63, 3.8) is 0 Å². The lowest BCUT2D eigenvalue weighted by atomic mass is 10.3. The molecule has 1 unspecified atom stereocenters. The lowest BCUT2D eigenvalue weighted by Crippen LogP contribution is -2.33. The molecule has 1 aliphatic heterocycles. The second kappa shape index (κ2) is 3.18. The lowest BCUT2D eigenvalue weighted by Gasteiger charge is -2.16. The zero-order valence-electron chi connectivity index (χ0n) is 8.26. The first-order valence-electron chi connectivity index (χ1n) is 4.24. The van der Waals surface area contributed by atoms with Crippen molar-refractivity contribution in [3.05, 3.63) is 0 Å². The summed E-state index contributed by atoms with van der Waals surface area (Å²) in [6.07, 6.45) is 1.10. The average molecular weight is 187 g/mol. The van der Waals surface area contributed by atoms with E-state index in [2.05, 4.69) is 18.0 Å². The maximum absolute atomic E-state index is 11.3. The molecule has 1 atom stereocenters. The van der Waals surface area contributed by atoms with E-state index in [0.717, 1.165) is 12.2 Å². The average Bonchev–Trinajstić information content (AvgIpc) is 2.23. The van der Waals surface area contributed by atoms with Crippen molar-refractivity contribution in [2.75, 3.05) is 20.3 Å². The Labute approximate surface area is 74.7 Å². The highest BCUT2D eigenvalue weighted by Crippen LogP contribution is 2.25. The van der Waals surface area contributed by atoms with Crippen LogP contribution in [0.3, 0.4) is 0 Å². The van der Waals surface area contributed by atoms with Gasteiger partial charge < -0.3 is 4.74 Å². The fourth-order valence-corrected chi connectivity index (χ4v) is 5.15. The standard InChI is InChI=1S/C8H17NO2Si/c1-9-6-12(3,4)5-7(9)8(10)11-2/h7H,5-6H2,1-4H3. The molecule has 0 aromatic heterocycles. The summed E-state index contributed by atoms with van der Waals surface area (Å²) in [4.78, 5) is 13.4. The summed E-state index contributed by atoms with van der Waals surface area (Å²) >= 11 is 0. The van der Waals surface area contributed by atoms with Crippen molar-refractivity contribution < 1.29 is 9.53 Å². The number of rotatable bonds is 1. The Balaban J connectivity index is 2.64. The number of hydrogen-bond donors (Lipinski definition) is 0. The Kier molecular flexibility index (Phi) is 2.58. The minimum Gasteiger partial charge on any atom is -0.468 e. The fraction of sp³-hybridized carbons (Fsp3) is 0.875. The van der Waals surface area contributed by atoms with Crippen molar-refractivity contribution in [2.24, 2.45) is 0 Å². The number of ether oxygens (including phenoxy) is 1. The van der Waals surface area contributed by atoms with Crippen LogP contribution in [-0.2, 0) is 9.53 Å². The van der Waals surface area contributed by atoms with Crippen LogP contribution >= 0.6 is 0 Å². The molecule has 1 saturated heterocycles. The number of carbonyl (C=O) groups is 1. The molecule has 1 heterocycles. The molecule has 0 N–H and O–H groups in total. The van der Waals surface area contributed by atoms with Gasteiger partial charge in [0, 0.05) is 0 Å². The highest BCUT2D eigenvalue weighted by atomic mass is 28.3. The largest absolute Gasteiger partial charge is 0.468 e. The normalized spacial score (nSPS) is 28.8. The first kappa shape index (κ1) is 9.73. The summed E-state index contributed by atoms with van der Waals surface area (Å²) in [5, 5.41) is 0. The zero-order chi connectivity index (χ0) is 9.35. The van der Waals surface area contributed by atoms with Crippen molar-refractivity contribution in [2.45, 2.75) is 25.2 Å². The minimum absolute atomic E-state index is 0.0247. The molecular weight excluding hydrogens is 170 g/mol. The Bertz CT molecular complexity index is 193. The smallest absolute Gasteiger partial charge is 0.322 e. The van der Waals surface area contributed by atoms with Crippen LogP contribution in [0, 0.1) is 0 Å². The van der Waals surface area contributed by atoms with Crippen LogP contribution in [-0.4, -0.2) is 45.3 Å². The second-order valence-corrected chi connectivity index (χ2v) is 9.38. The maximum Gasteiger partial charge on any atom is 0.322 e. The van der Waals surface area contributed by atoms with Crippen LogP contribution in [0.15, 0.2) is 0 Å². The van der Waals surface area contributed by atoms with Gasteiger partial charge in [0.2, 0.25) is 0 Å². The summed E-state index contributed by atoms with van der Waals surface area (Å²) in [7, 11) is 2.34. The van der Waals surface area contributed by atoms with Gasteiger partial charge in [-0.15, -0.1) is 0 Å². The summed E-state index contributed by atoms with van der Waals surface area (Å²) in [6.45, 7) is 4.62. The van der Waals surface area contributed by atoms with E-state index in [9.17, 15) is 4.79 Å². The molecule has 3 nitrogen and oxygen atoms in total. The van der Waals surface area contributed by atoms with Crippen LogP contribution in [0.25, 0.3) is 0 Å². The van der Waals surface area contributed by atoms with E-state index < -0.39 is 8.07 Å². The molecule has 70 valence electrons. The third-order valence-corrected chi connectivity index (χ3v) is 5.28. The number of esters is 1. The predicted octanol–water partition coefficient (Wildman–Crippen LogP) is 0.721. The van der Waals surface area contributed by atoms with Gasteiger partial charge in [-0.1, -0.05) is 13.1 Å². The van der Waals surface area contributed by atoms with Crippen molar-refractivity contribution in [1.29, 1.82) is 0 Å². The summed E-state index contributed by atoms with van der Waals surface area (Å²) in [6, 6.07) is 1.06. The number of nitrogens with zero attached hydrogens (tertiary/aromatic N) is 1. The first-order valence-corrected chi connectivity index (χ1v) is 7.66. The number of carbonyl (C=O) groups excluding carboxylic acids is 1. The molecule has 1 rings (SSSR count). The van der Waals surface area contributed by atoms with Gasteiger partial charge in [0.1, 0.15) is 6.04 Å². The SMILES string of the molecule is COC(=O)C1C[Si](C)(C)CN1C. The number of methoxy groups -OCH3 is 1. The van der Waals surface area contributed by atoms with E-state index >= 15 is 0 Å². The van der Waals surface area contributed by atoms with Gasteiger partial charge >= 0.3 is 5.97 Å². The molecule has 0 aromatic carbocycles. The molecule has 0 spiro atoms. The molecule has 12 heavy (non-hydrogen) atoms. The van der Waals surface area contributed by atoms with E-state index in [0.29, 0.717) is 0 Å². The third-order valence-electron chi connectivity index (χ3n) is 2.43. The van der Waals surface area contributed by atoms with E-state index in [1.54, 1.807) is 0 Å².